The van der Waals surface area contributed by atoms with E-state index in [-0.39, 0.29) is 5.69 Å². The number of carbonyl (C=O) groups excluding carboxylic acids is 1. The number of carboxylic acid groups (broad SMARTS) is 1. The minimum atomic E-state index is -1.13. The maximum atomic E-state index is 12.9. The Kier molecular flexibility index (Phi) is 6.66. The molecule has 0 aliphatic heterocycles. The van der Waals surface area contributed by atoms with Crippen molar-refractivity contribution in [3.05, 3.63) is 75.2 Å². The number of nitrogens with one attached hydrogen (secondary N) is 2. The molecule has 3 N–H and O–H groups in total. The van der Waals surface area contributed by atoms with Gasteiger partial charge in [-0.2, -0.15) is 0 Å². The lowest BCUT2D eigenvalue weighted by Crippen LogP contribution is -2.31. The zero-order valence-electron chi connectivity index (χ0n) is 16.7. The number of aromatic amines is 1. The van der Waals surface area contributed by atoms with Crippen LogP contribution in [0.15, 0.2) is 53.3 Å². The number of amides is 1. The number of ether oxygens (including phenoxy) is 2. The number of rotatable bonds is 8. The van der Waals surface area contributed by atoms with Gasteiger partial charge in [-0.05, 0) is 18.2 Å². The highest BCUT2D eigenvalue weighted by Gasteiger charge is 2.25. The number of halogens is 1. The number of carbonyl (C=O) groups is 2. The number of hydrogen-bond acceptors (Lipinski definition) is 5. The third-order valence-corrected chi connectivity index (χ3v) is 4.87. The third kappa shape index (κ3) is 4.72. The average molecular weight is 446 g/mol. The lowest BCUT2D eigenvalue weighted by molar-refractivity contribution is -0.137. The van der Waals surface area contributed by atoms with E-state index in [0.717, 1.165) is 10.7 Å². The van der Waals surface area contributed by atoms with Crippen molar-refractivity contribution >= 4 is 23.5 Å². The Morgan fingerprint density at radius 1 is 1.16 bits per heavy atom. The molecule has 0 saturated carbocycles. The van der Waals surface area contributed by atoms with Crippen LogP contribution in [0.25, 0.3) is 5.69 Å². The largest absolute Gasteiger partial charge is 0.493 e. The van der Waals surface area contributed by atoms with E-state index in [1.54, 1.807) is 42.5 Å². The predicted molar refractivity (Wildman–Crippen MR) is 113 cm³/mol. The van der Waals surface area contributed by atoms with E-state index in [4.69, 9.17) is 21.1 Å². The third-order valence-electron chi connectivity index (χ3n) is 4.55. The quantitative estimate of drug-likeness (QED) is 0.490. The molecule has 1 heterocycles. The van der Waals surface area contributed by atoms with Crippen LogP contribution < -0.4 is 20.3 Å². The summed E-state index contributed by atoms with van der Waals surface area (Å²) < 4.78 is 11.8. The highest BCUT2D eigenvalue weighted by Crippen LogP contribution is 2.35. The van der Waals surface area contributed by atoms with Gasteiger partial charge in [-0.1, -0.05) is 35.9 Å². The van der Waals surface area contributed by atoms with Gasteiger partial charge >= 0.3 is 5.97 Å². The van der Waals surface area contributed by atoms with Gasteiger partial charge in [-0.15, -0.1) is 0 Å². The number of methoxy groups -OCH3 is 2. The molecule has 0 spiro atoms. The van der Waals surface area contributed by atoms with Crippen molar-refractivity contribution in [2.45, 2.75) is 12.5 Å². The van der Waals surface area contributed by atoms with Gasteiger partial charge in [0.1, 0.15) is 5.69 Å². The summed E-state index contributed by atoms with van der Waals surface area (Å²) in [6.45, 7) is 0. The van der Waals surface area contributed by atoms with Crippen LogP contribution in [0.5, 0.6) is 11.5 Å². The Labute approximate surface area is 182 Å². The fraction of sp³-hybridized carbons (Fsp3) is 0.190. The first-order chi connectivity index (χ1) is 14.8. The Morgan fingerprint density at radius 2 is 1.90 bits per heavy atom. The summed E-state index contributed by atoms with van der Waals surface area (Å²) in [7, 11) is 2.87. The number of aromatic nitrogens is 2. The molecule has 0 saturated heterocycles. The van der Waals surface area contributed by atoms with Gasteiger partial charge < -0.3 is 19.9 Å². The summed E-state index contributed by atoms with van der Waals surface area (Å²) in [5.74, 6) is -1.10. The van der Waals surface area contributed by atoms with Crippen LogP contribution in [0.4, 0.5) is 0 Å². The lowest BCUT2D eigenvalue weighted by atomic mass is 10.0. The van der Waals surface area contributed by atoms with Gasteiger partial charge in [0.25, 0.3) is 11.5 Å². The van der Waals surface area contributed by atoms with E-state index in [2.05, 4.69) is 10.4 Å². The SMILES string of the molecule is COc1cccc([C@H](CC(=O)O)NC(=O)c2cc(=O)n(-c3ccccc3Cl)[nH]2)c1OC. The second-order valence-corrected chi connectivity index (χ2v) is 6.91. The van der Waals surface area contributed by atoms with Crippen molar-refractivity contribution < 1.29 is 24.2 Å². The van der Waals surface area contributed by atoms with Crippen LogP contribution in [-0.2, 0) is 4.79 Å². The van der Waals surface area contributed by atoms with Crippen molar-refractivity contribution in [1.82, 2.24) is 15.1 Å². The molecule has 0 aliphatic carbocycles. The van der Waals surface area contributed by atoms with Gasteiger partial charge in [0.15, 0.2) is 11.5 Å². The van der Waals surface area contributed by atoms with E-state index in [0.29, 0.717) is 27.8 Å². The monoisotopic (exact) mass is 445 g/mol. The molecule has 2 aromatic carbocycles. The molecule has 0 aliphatic rings. The molecular weight excluding hydrogens is 426 g/mol. The molecule has 1 aromatic heterocycles. The smallest absolute Gasteiger partial charge is 0.305 e. The summed E-state index contributed by atoms with van der Waals surface area (Å²) >= 11 is 6.13. The normalized spacial score (nSPS) is 11.6. The van der Waals surface area contributed by atoms with E-state index < -0.39 is 29.9 Å². The molecule has 1 amide bonds. The number of hydrogen-bond donors (Lipinski definition) is 3. The predicted octanol–water partition coefficient (Wildman–Crippen LogP) is 2.78. The van der Waals surface area contributed by atoms with Gasteiger partial charge in [0.2, 0.25) is 0 Å². The minimum absolute atomic E-state index is 0.0535. The number of nitrogens with zero attached hydrogens (tertiary/aromatic N) is 1. The fourth-order valence-corrected chi connectivity index (χ4v) is 3.38. The number of aliphatic carboxylic acids is 1. The van der Waals surface area contributed by atoms with Crippen molar-refractivity contribution in [3.8, 4) is 17.2 Å². The molecule has 0 fully saturated rings. The lowest BCUT2D eigenvalue weighted by Gasteiger charge is -2.21. The summed E-state index contributed by atoms with van der Waals surface area (Å²) in [5.41, 5.74) is 0.254. The second kappa shape index (κ2) is 9.40. The van der Waals surface area contributed by atoms with Crippen molar-refractivity contribution in [2.24, 2.45) is 0 Å². The molecule has 9 nitrogen and oxygen atoms in total. The summed E-state index contributed by atoms with van der Waals surface area (Å²) in [4.78, 5) is 36.7. The van der Waals surface area contributed by atoms with Gasteiger partial charge in [0, 0.05) is 11.6 Å². The molecule has 1 atom stereocenters. The van der Waals surface area contributed by atoms with Crippen molar-refractivity contribution in [2.75, 3.05) is 14.2 Å². The zero-order valence-corrected chi connectivity index (χ0v) is 17.5. The Balaban J connectivity index is 1.95. The Bertz CT molecular complexity index is 1170. The molecular formula is C21H20ClN3O6. The number of para-hydroxylation sites is 2. The first-order valence-electron chi connectivity index (χ1n) is 9.16. The second-order valence-electron chi connectivity index (χ2n) is 6.50. The summed E-state index contributed by atoms with van der Waals surface area (Å²) in [5, 5.41) is 15.0. The molecule has 162 valence electrons. The van der Waals surface area contributed by atoms with E-state index in [1.165, 1.54) is 14.2 Å². The summed E-state index contributed by atoms with van der Waals surface area (Å²) in [6, 6.07) is 11.8. The number of benzene rings is 2. The topological polar surface area (TPSA) is 123 Å². The number of H-pyrrole nitrogens is 1. The Hall–Kier alpha value is -3.72. The standard InChI is InChI=1S/C21H20ClN3O6/c1-30-17-9-5-6-12(20(17)31-2)14(11-19(27)28)23-21(29)15-10-18(26)25(24-15)16-8-4-3-7-13(16)22/h3-10,14,24H,11H2,1-2H3,(H,23,29)(H,27,28)/t14-/m0/s1. The molecule has 31 heavy (non-hydrogen) atoms. The highest BCUT2D eigenvalue weighted by molar-refractivity contribution is 6.32. The number of carboxylic acids is 1. The molecule has 3 rings (SSSR count). The van der Waals surface area contributed by atoms with Gasteiger partial charge in [-0.25, -0.2) is 4.68 Å². The Morgan fingerprint density at radius 3 is 2.55 bits per heavy atom. The average Bonchev–Trinajstić information content (AvgIpc) is 3.14. The van der Waals surface area contributed by atoms with E-state index >= 15 is 0 Å². The van der Waals surface area contributed by atoms with Crippen LogP contribution in [0.1, 0.15) is 28.5 Å². The highest BCUT2D eigenvalue weighted by atomic mass is 35.5. The minimum Gasteiger partial charge on any atom is -0.493 e. The van der Waals surface area contributed by atoms with Crippen LogP contribution in [-0.4, -0.2) is 41.0 Å². The van der Waals surface area contributed by atoms with Gasteiger partial charge in [0.05, 0.1) is 37.4 Å². The molecule has 0 radical (unpaired) electrons. The van der Waals surface area contributed by atoms with Crippen LogP contribution >= 0.6 is 11.6 Å². The maximum Gasteiger partial charge on any atom is 0.305 e. The molecule has 3 aromatic rings. The van der Waals surface area contributed by atoms with Crippen LogP contribution in [0.2, 0.25) is 5.02 Å². The van der Waals surface area contributed by atoms with Crippen LogP contribution in [0, 0.1) is 0 Å². The van der Waals surface area contributed by atoms with Crippen LogP contribution in [0.3, 0.4) is 0 Å². The first-order valence-corrected chi connectivity index (χ1v) is 9.54. The molecule has 0 bridgehead atoms. The maximum absolute atomic E-state index is 12.9. The molecule has 0 unspecified atom stereocenters. The fourth-order valence-electron chi connectivity index (χ4n) is 3.16. The first kappa shape index (κ1) is 22.0. The van der Waals surface area contributed by atoms with Crippen molar-refractivity contribution in [1.29, 1.82) is 0 Å². The van der Waals surface area contributed by atoms with E-state index in [1.807, 2.05) is 0 Å². The zero-order chi connectivity index (χ0) is 22.5. The van der Waals surface area contributed by atoms with Gasteiger partial charge in [-0.3, -0.25) is 19.5 Å². The summed E-state index contributed by atoms with van der Waals surface area (Å²) in [6.07, 6.45) is -0.412. The van der Waals surface area contributed by atoms with Crippen molar-refractivity contribution in [3.63, 3.8) is 0 Å². The van der Waals surface area contributed by atoms with E-state index in [9.17, 15) is 19.5 Å². The molecule has 10 heteroatoms.